The van der Waals surface area contributed by atoms with Crippen LogP contribution in [-0.4, -0.2) is 5.11 Å². The Balaban J connectivity index is 2.48. The lowest BCUT2D eigenvalue weighted by Gasteiger charge is -2.08. The molecular weight excluding hydrogens is 162 g/mol. The highest BCUT2D eigenvalue weighted by Gasteiger charge is 2.46. The Bertz CT molecular complexity index is 386. The highest BCUT2D eigenvalue weighted by molar-refractivity contribution is 5.48. The third-order valence-corrected chi connectivity index (χ3v) is 2.63. The summed E-state index contributed by atoms with van der Waals surface area (Å²) in [5.74, 6) is 0.263. The minimum absolute atomic E-state index is 0.263. The first-order chi connectivity index (χ1) is 6.18. The molecular formula is C11H11NO. The van der Waals surface area contributed by atoms with E-state index >= 15 is 0 Å². The molecule has 1 N–H and O–H groups in total. The molecule has 2 rings (SSSR count). The highest BCUT2D eigenvalue weighted by atomic mass is 16.3. The molecule has 2 nitrogen and oxygen atoms in total. The van der Waals surface area contributed by atoms with Crippen molar-refractivity contribution in [1.82, 2.24) is 0 Å². The van der Waals surface area contributed by atoms with Gasteiger partial charge in [0.2, 0.25) is 0 Å². The Morgan fingerprint density at radius 2 is 2.15 bits per heavy atom. The van der Waals surface area contributed by atoms with E-state index in [1.165, 1.54) is 0 Å². The quantitative estimate of drug-likeness (QED) is 0.707. The number of phenolic OH excluding ortho intramolecular Hbond substituents is 1. The molecule has 0 spiro atoms. The summed E-state index contributed by atoms with van der Waals surface area (Å²) in [6.45, 7) is 1.93. The van der Waals surface area contributed by atoms with E-state index in [0.29, 0.717) is 0 Å². The normalized spacial score (nSPS) is 17.8. The molecule has 0 bridgehead atoms. The van der Waals surface area contributed by atoms with Crippen LogP contribution in [0.25, 0.3) is 0 Å². The van der Waals surface area contributed by atoms with E-state index in [1.54, 1.807) is 6.07 Å². The average Bonchev–Trinajstić information content (AvgIpc) is 2.85. The molecule has 0 unspecified atom stereocenters. The van der Waals surface area contributed by atoms with Crippen molar-refractivity contribution in [3.05, 3.63) is 29.3 Å². The Morgan fingerprint density at radius 1 is 1.46 bits per heavy atom. The molecule has 1 aliphatic carbocycles. The number of phenols is 1. The van der Waals surface area contributed by atoms with Crippen LogP contribution in [0.15, 0.2) is 18.2 Å². The van der Waals surface area contributed by atoms with Crippen LogP contribution < -0.4 is 0 Å². The first-order valence-electron chi connectivity index (χ1n) is 4.39. The molecule has 13 heavy (non-hydrogen) atoms. The zero-order valence-corrected chi connectivity index (χ0v) is 7.54. The van der Waals surface area contributed by atoms with E-state index < -0.39 is 0 Å². The smallest absolute Gasteiger partial charge is 0.120 e. The zero-order chi connectivity index (χ0) is 9.47. The van der Waals surface area contributed by atoms with E-state index in [-0.39, 0.29) is 11.2 Å². The maximum atomic E-state index is 9.65. The lowest BCUT2D eigenvalue weighted by Crippen LogP contribution is -2.02. The van der Waals surface area contributed by atoms with Gasteiger partial charge in [0.1, 0.15) is 5.75 Å². The van der Waals surface area contributed by atoms with Crippen LogP contribution in [-0.2, 0) is 5.41 Å². The van der Waals surface area contributed by atoms with Gasteiger partial charge in [-0.05, 0) is 31.4 Å². The van der Waals surface area contributed by atoms with Crippen LogP contribution in [0.1, 0.15) is 24.0 Å². The van der Waals surface area contributed by atoms with Crippen molar-refractivity contribution < 1.29 is 5.11 Å². The molecule has 1 fully saturated rings. The average molecular weight is 173 g/mol. The molecule has 1 aromatic rings. The van der Waals surface area contributed by atoms with Crippen molar-refractivity contribution in [2.75, 3.05) is 0 Å². The topological polar surface area (TPSA) is 44.0 Å². The zero-order valence-electron chi connectivity index (χ0n) is 7.54. The number of benzene rings is 1. The van der Waals surface area contributed by atoms with Crippen molar-refractivity contribution in [1.29, 1.82) is 5.26 Å². The van der Waals surface area contributed by atoms with Crippen LogP contribution in [0.2, 0.25) is 0 Å². The molecule has 0 radical (unpaired) electrons. The third-order valence-electron chi connectivity index (χ3n) is 2.63. The highest BCUT2D eigenvalue weighted by Crippen LogP contribution is 2.50. The fourth-order valence-corrected chi connectivity index (χ4v) is 1.61. The molecule has 1 aromatic carbocycles. The number of aromatic hydroxyl groups is 1. The van der Waals surface area contributed by atoms with E-state index in [9.17, 15) is 5.11 Å². The summed E-state index contributed by atoms with van der Waals surface area (Å²) in [7, 11) is 0. The maximum Gasteiger partial charge on any atom is 0.120 e. The van der Waals surface area contributed by atoms with Crippen LogP contribution >= 0.6 is 0 Å². The summed E-state index contributed by atoms with van der Waals surface area (Å²) < 4.78 is 0. The number of nitriles is 1. The van der Waals surface area contributed by atoms with Gasteiger partial charge in [-0.3, -0.25) is 0 Å². The van der Waals surface area contributed by atoms with Crippen LogP contribution in [0.3, 0.4) is 0 Å². The first-order valence-corrected chi connectivity index (χ1v) is 4.39. The van der Waals surface area contributed by atoms with Crippen molar-refractivity contribution in [2.24, 2.45) is 0 Å². The molecule has 0 amide bonds. The molecule has 2 heteroatoms. The molecule has 0 aliphatic heterocycles. The second-order valence-electron chi connectivity index (χ2n) is 3.71. The standard InChI is InChI=1S/C11H11NO/c1-8-2-3-9(10(13)6-8)11(7-12)4-5-11/h2-3,6,13H,4-5H2,1H3. The minimum Gasteiger partial charge on any atom is -0.508 e. The van der Waals surface area contributed by atoms with Crippen molar-refractivity contribution in [2.45, 2.75) is 25.2 Å². The van der Waals surface area contributed by atoms with Gasteiger partial charge in [0, 0.05) is 5.56 Å². The van der Waals surface area contributed by atoms with Gasteiger partial charge in [-0.25, -0.2) is 0 Å². The molecule has 1 saturated carbocycles. The van der Waals surface area contributed by atoms with E-state index in [4.69, 9.17) is 5.26 Å². The number of hydrogen-bond donors (Lipinski definition) is 1. The second-order valence-corrected chi connectivity index (χ2v) is 3.71. The van der Waals surface area contributed by atoms with Crippen LogP contribution in [0.4, 0.5) is 0 Å². The largest absolute Gasteiger partial charge is 0.508 e. The number of rotatable bonds is 1. The molecule has 0 heterocycles. The number of aryl methyl sites for hydroxylation is 1. The van der Waals surface area contributed by atoms with E-state index in [1.807, 2.05) is 19.1 Å². The molecule has 1 aliphatic rings. The summed E-state index contributed by atoms with van der Waals surface area (Å²) in [6, 6.07) is 7.78. The summed E-state index contributed by atoms with van der Waals surface area (Å²) >= 11 is 0. The van der Waals surface area contributed by atoms with Crippen molar-refractivity contribution in [3.63, 3.8) is 0 Å². The molecule has 66 valence electrons. The Labute approximate surface area is 77.4 Å². The maximum absolute atomic E-state index is 9.65. The van der Waals surface area contributed by atoms with Gasteiger partial charge >= 0.3 is 0 Å². The van der Waals surface area contributed by atoms with Gasteiger partial charge in [-0.15, -0.1) is 0 Å². The lowest BCUT2D eigenvalue weighted by atomic mass is 9.96. The lowest BCUT2D eigenvalue weighted by molar-refractivity contribution is 0.464. The number of hydrogen-bond acceptors (Lipinski definition) is 2. The predicted molar refractivity (Wildman–Crippen MR) is 49.4 cm³/mol. The Morgan fingerprint density at radius 3 is 2.62 bits per heavy atom. The summed E-state index contributed by atoms with van der Waals surface area (Å²) in [5.41, 5.74) is 1.44. The SMILES string of the molecule is Cc1ccc(C2(C#N)CC2)c(O)c1. The third kappa shape index (κ3) is 1.17. The Hall–Kier alpha value is -1.49. The first kappa shape index (κ1) is 8.12. The Kier molecular flexibility index (Phi) is 1.56. The van der Waals surface area contributed by atoms with Gasteiger partial charge in [-0.1, -0.05) is 12.1 Å². The summed E-state index contributed by atoms with van der Waals surface area (Å²) in [6.07, 6.45) is 1.75. The van der Waals surface area contributed by atoms with Crippen molar-refractivity contribution in [3.8, 4) is 11.8 Å². The molecule has 0 atom stereocenters. The van der Waals surface area contributed by atoms with Gasteiger partial charge < -0.3 is 5.11 Å². The van der Waals surface area contributed by atoms with Crippen molar-refractivity contribution >= 4 is 0 Å². The van der Waals surface area contributed by atoms with E-state index in [2.05, 4.69) is 6.07 Å². The fraction of sp³-hybridized carbons (Fsp3) is 0.364. The van der Waals surface area contributed by atoms with Gasteiger partial charge in [0.05, 0.1) is 11.5 Å². The molecule has 0 aromatic heterocycles. The summed E-state index contributed by atoms with van der Waals surface area (Å²) in [4.78, 5) is 0. The predicted octanol–water partition coefficient (Wildman–Crippen LogP) is 2.26. The van der Waals surface area contributed by atoms with E-state index in [0.717, 1.165) is 24.0 Å². The second kappa shape index (κ2) is 2.50. The van der Waals surface area contributed by atoms with Crippen LogP contribution in [0, 0.1) is 18.3 Å². The number of nitrogens with zero attached hydrogens (tertiary/aromatic N) is 1. The van der Waals surface area contributed by atoms with Crippen LogP contribution in [0.5, 0.6) is 5.75 Å². The minimum atomic E-state index is -0.377. The fourth-order valence-electron chi connectivity index (χ4n) is 1.61. The van der Waals surface area contributed by atoms with Gasteiger partial charge in [0.25, 0.3) is 0 Å². The monoisotopic (exact) mass is 173 g/mol. The van der Waals surface area contributed by atoms with Gasteiger partial charge in [-0.2, -0.15) is 5.26 Å². The molecule has 0 saturated heterocycles. The summed E-state index contributed by atoms with van der Waals surface area (Å²) in [5, 5.41) is 18.6. The van der Waals surface area contributed by atoms with Gasteiger partial charge in [0.15, 0.2) is 0 Å².